The van der Waals surface area contributed by atoms with Gasteiger partial charge in [-0.1, -0.05) is 207 Å². The normalized spacial score (nSPS) is 11.4. The molecule has 0 aromatic heterocycles. The minimum atomic E-state index is -0.880. The van der Waals surface area contributed by atoms with Gasteiger partial charge < -0.3 is 19.8 Å². The number of aliphatic carboxylic acids is 2. The number of carbonyl (C=O) groups is 2. The van der Waals surface area contributed by atoms with Crippen molar-refractivity contribution in [3.8, 4) is 0 Å². The van der Waals surface area contributed by atoms with E-state index in [0.29, 0.717) is 11.5 Å². The van der Waals surface area contributed by atoms with E-state index in [4.69, 9.17) is 0 Å². The van der Waals surface area contributed by atoms with Gasteiger partial charge in [-0.2, -0.15) is 25.3 Å². The molecule has 0 aromatic rings. The zero-order valence-corrected chi connectivity index (χ0v) is 49.6. The van der Waals surface area contributed by atoms with E-state index in [0.717, 1.165) is 77.0 Å². The van der Waals surface area contributed by atoms with Crippen molar-refractivity contribution in [2.24, 2.45) is 10.8 Å². The van der Waals surface area contributed by atoms with E-state index in [1.54, 1.807) is 21.7 Å². The maximum atomic E-state index is 11.7. The first-order valence-corrected chi connectivity index (χ1v) is 34.3. The van der Waals surface area contributed by atoms with E-state index >= 15 is 0 Å². The van der Waals surface area contributed by atoms with Gasteiger partial charge in [-0.25, -0.2) is 0 Å². The van der Waals surface area contributed by atoms with Crippen molar-refractivity contribution in [1.82, 2.24) is 0 Å². The number of hydrogen-bond acceptors (Lipinski definition) is 6. The van der Waals surface area contributed by atoms with Crippen LogP contribution in [0.2, 0.25) is 8.87 Å². The van der Waals surface area contributed by atoms with Crippen LogP contribution in [0.15, 0.2) is 0 Å². The Hall–Kier alpha value is 0.439. The summed E-state index contributed by atoms with van der Waals surface area (Å²) in [6.07, 6.45) is 55.0. The van der Waals surface area contributed by atoms with Gasteiger partial charge >= 0.3 is 121 Å². The van der Waals surface area contributed by atoms with Crippen molar-refractivity contribution < 1.29 is 19.8 Å². The summed E-state index contributed by atoms with van der Waals surface area (Å²) in [6, 6.07) is 0. The second-order valence-corrected chi connectivity index (χ2v) is 25.1. The molecule has 0 saturated heterocycles. The molecular weight excluding hydrogens is 943 g/mol. The van der Waals surface area contributed by atoms with Crippen molar-refractivity contribution >= 4 is 58.3 Å². The van der Waals surface area contributed by atoms with Gasteiger partial charge in [0.1, 0.15) is 0 Å². The molecule has 0 aliphatic rings. The molecule has 0 saturated carbocycles. The molecule has 65 heavy (non-hydrogen) atoms. The summed E-state index contributed by atoms with van der Waals surface area (Å²) in [4.78, 5) is 23.4. The van der Waals surface area contributed by atoms with E-state index < -0.39 is 22.8 Å². The Morgan fingerprint density at radius 3 is 0.646 bits per heavy atom. The van der Waals surface area contributed by atoms with Gasteiger partial charge in [-0.3, -0.25) is 0 Å². The molecule has 388 valence electrons. The molecule has 0 aliphatic carbocycles. The molecule has 0 radical (unpaired) electrons. The number of carboxylic acids is 2. The number of carboxylic acid groups (broad SMARTS) is 2. The number of carbonyl (C=O) groups excluding carboxylic acids is 2. The van der Waals surface area contributed by atoms with Crippen molar-refractivity contribution in [2.45, 2.75) is 333 Å². The minimum absolute atomic E-state index is 0.0736. The first kappa shape index (κ1) is 69.7. The average molecular weight is 1060 g/mol. The van der Waals surface area contributed by atoms with Crippen LogP contribution in [0.25, 0.3) is 0 Å². The van der Waals surface area contributed by atoms with E-state index in [9.17, 15) is 19.8 Å². The Kier molecular flexibility index (Phi) is 61.1. The van der Waals surface area contributed by atoms with E-state index in [2.05, 4.69) is 66.8 Å². The molecule has 0 unspecified atom stereocenters. The van der Waals surface area contributed by atoms with Gasteiger partial charge in [0.2, 0.25) is 0 Å². The summed E-state index contributed by atoms with van der Waals surface area (Å²) >= 11 is 8.80. The predicted octanol–water partition coefficient (Wildman–Crippen LogP) is 18.1. The Morgan fingerprint density at radius 1 is 0.308 bits per heavy atom. The van der Waals surface area contributed by atoms with Crippen LogP contribution in [0, 0.1) is 10.8 Å². The molecule has 7 heteroatoms. The Morgan fingerprint density at radius 2 is 0.477 bits per heavy atom. The third-order valence-electron chi connectivity index (χ3n) is 13.9. The summed E-state index contributed by atoms with van der Waals surface area (Å²) in [6.45, 7) is 13.5. The molecule has 0 bridgehead atoms. The van der Waals surface area contributed by atoms with Crippen LogP contribution in [0.4, 0.5) is 0 Å². The zero-order valence-electron chi connectivity index (χ0n) is 45.0. The second kappa shape index (κ2) is 57.0. The van der Waals surface area contributed by atoms with Gasteiger partial charge in [0, 0.05) is 34.3 Å². The van der Waals surface area contributed by atoms with E-state index in [1.807, 2.05) is 0 Å². The molecule has 0 amide bonds. The second-order valence-electron chi connectivity index (χ2n) is 20.2. The van der Waals surface area contributed by atoms with E-state index in [-0.39, 0.29) is 21.1 Å². The molecule has 0 spiro atoms. The summed E-state index contributed by atoms with van der Waals surface area (Å²) in [5.74, 6) is -0.925. The summed E-state index contributed by atoms with van der Waals surface area (Å²) < 4.78 is 3.31. The summed E-state index contributed by atoms with van der Waals surface area (Å²) in [7, 11) is 0. The first-order chi connectivity index (χ1) is 31.7. The fourth-order valence-corrected chi connectivity index (χ4v) is 13.4. The molecule has 4 nitrogen and oxygen atoms in total. The Labute approximate surface area is 430 Å². The van der Waals surface area contributed by atoms with Crippen LogP contribution >= 0.6 is 25.3 Å². The third-order valence-corrected chi connectivity index (χ3v) is 19.2. The third kappa shape index (κ3) is 47.9. The van der Waals surface area contributed by atoms with Crippen LogP contribution < -0.4 is 10.2 Å². The number of unbranched alkanes of at least 4 members (excludes halogenated alkanes) is 34. The van der Waals surface area contributed by atoms with Crippen molar-refractivity contribution in [3.05, 3.63) is 0 Å². The van der Waals surface area contributed by atoms with Crippen LogP contribution in [0.1, 0.15) is 324 Å². The van der Waals surface area contributed by atoms with Gasteiger partial charge in [0.05, 0.1) is 0 Å². The molecule has 0 atom stereocenters. The Balaban J connectivity index is -0.000000902. The molecular formula is C58H116O4S2Sn. The standard InChI is InChI=1S/2C21H42O2S.2C8H17.Sn/c2*1-3-5-7-9-11-13-15-17-21(19-24,20(22)23)18-16-14-12-10-8-6-4-2;2*1-3-5-7-8-6-4-2;/h2*24H,3-19H2,1-2H3,(H,22,23);2*1,3-8H2,2H3;/q;;;;+2/p-2. The van der Waals surface area contributed by atoms with Crippen molar-refractivity contribution in [3.63, 3.8) is 0 Å². The van der Waals surface area contributed by atoms with Crippen molar-refractivity contribution in [1.29, 1.82) is 0 Å². The molecule has 0 aliphatic heterocycles. The first-order valence-electron chi connectivity index (χ1n) is 29.0. The van der Waals surface area contributed by atoms with Gasteiger partial charge in [-0.05, 0) is 25.7 Å². The number of hydrogen-bond donors (Lipinski definition) is 2. The fourth-order valence-electron chi connectivity index (χ4n) is 8.97. The maximum absolute atomic E-state index is 11.7. The quantitative estimate of drug-likeness (QED) is 0.0361. The zero-order chi connectivity index (χ0) is 48.8. The van der Waals surface area contributed by atoms with Gasteiger partial charge in [0.15, 0.2) is 0 Å². The molecule has 0 fully saturated rings. The van der Waals surface area contributed by atoms with Gasteiger partial charge in [0.25, 0.3) is 0 Å². The van der Waals surface area contributed by atoms with Crippen molar-refractivity contribution in [2.75, 3.05) is 11.5 Å². The Bertz CT molecular complexity index is 825. The SMILES string of the molecule is CCCCCCCCCC(CS)(CCCCCCCCC)C(=O)[O-].CCCCCCCCCC(CS)(CCCCCCCCC)C(=O)[O-].CCCCCCC[CH2][Sn+2][CH2]CCCCCCC. The molecule has 0 heterocycles. The monoisotopic (exact) mass is 1060 g/mol. The van der Waals surface area contributed by atoms with Gasteiger partial charge in [-0.15, -0.1) is 0 Å². The van der Waals surface area contributed by atoms with Crippen LogP contribution in [-0.4, -0.2) is 44.6 Å². The predicted molar refractivity (Wildman–Crippen MR) is 295 cm³/mol. The topological polar surface area (TPSA) is 80.3 Å². The molecule has 0 rings (SSSR count). The van der Waals surface area contributed by atoms with Crippen LogP contribution in [-0.2, 0) is 9.59 Å². The number of thiol groups is 2. The van der Waals surface area contributed by atoms with Crippen LogP contribution in [0.3, 0.4) is 0 Å². The average Bonchev–Trinajstić information content (AvgIpc) is 3.30. The van der Waals surface area contributed by atoms with E-state index in [1.165, 1.54) is 193 Å². The summed E-state index contributed by atoms with van der Waals surface area (Å²) in [5.41, 5.74) is -1.40. The number of rotatable bonds is 50. The summed E-state index contributed by atoms with van der Waals surface area (Å²) in [5, 5.41) is 23.4. The molecule has 0 aromatic carbocycles. The van der Waals surface area contributed by atoms with Crippen LogP contribution in [0.5, 0.6) is 0 Å². The fraction of sp³-hybridized carbons (Fsp3) is 0.966. The molecule has 0 N–H and O–H groups in total.